The molecule has 1 aliphatic heterocycles. The van der Waals surface area contributed by atoms with Crippen LogP contribution in [0, 0.1) is 23.2 Å². The van der Waals surface area contributed by atoms with Gasteiger partial charge in [0.05, 0.1) is 13.2 Å². The second kappa shape index (κ2) is 8.55. The number of fused-ring (bicyclic) bond motifs is 4. The maximum atomic E-state index is 13.2. The molecule has 5 unspecified atom stereocenters. The first kappa shape index (κ1) is 22.7. The van der Waals surface area contributed by atoms with Crippen molar-refractivity contribution in [1.82, 2.24) is 0 Å². The van der Waals surface area contributed by atoms with Gasteiger partial charge in [0.2, 0.25) is 0 Å². The normalized spacial score (nSPS) is 38.9. The Bertz CT molecular complexity index is 1010. The monoisotopic (exact) mass is 474 g/mol. The quantitative estimate of drug-likeness (QED) is 0.417. The summed E-state index contributed by atoms with van der Waals surface area (Å²) in [6.45, 7) is 3.82. The number of ketones is 1. The summed E-state index contributed by atoms with van der Waals surface area (Å²) in [5, 5.41) is 0. The number of hydrogen-bond donors (Lipinski definition) is 0. The lowest BCUT2D eigenvalue weighted by molar-refractivity contribution is -0.181. The Labute approximate surface area is 211 Å². The van der Waals surface area contributed by atoms with E-state index in [1.807, 2.05) is 0 Å². The third-order valence-electron chi connectivity index (χ3n) is 11.3. The number of carbonyl (C=O) groups is 1. The van der Waals surface area contributed by atoms with Gasteiger partial charge in [0.1, 0.15) is 5.78 Å². The van der Waals surface area contributed by atoms with E-state index in [2.05, 4.69) is 31.2 Å². The molecular formula is C32H42O3. The minimum absolute atomic E-state index is 0.137. The molecule has 3 nitrogen and oxygen atoms in total. The first-order valence-electron chi connectivity index (χ1n) is 14.7. The van der Waals surface area contributed by atoms with E-state index in [9.17, 15) is 4.79 Å². The van der Waals surface area contributed by atoms with Gasteiger partial charge in [-0.3, -0.25) is 4.79 Å². The summed E-state index contributed by atoms with van der Waals surface area (Å²) in [6, 6.07) is 9.76. The molecule has 6 aliphatic rings. The van der Waals surface area contributed by atoms with Crippen LogP contribution in [0.1, 0.15) is 113 Å². The van der Waals surface area contributed by atoms with E-state index in [4.69, 9.17) is 9.47 Å². The highest BCUT2D eigenvalue weighted by Gasteiger charge is 2.57. The number of hydrogen-bond acceptors (Lipinski definition) is 3. The van der Waals surface area contributed by atoms with Crippen molar-refractivity contribution in [2.24, 2.45) is 23.2 Å². The third-order valence-corrected chi connectivity index (χ3v) is 11.3. The Morgan fingerprint density at radius 2 is 1.54 bits per heavy atom. The standard InChI is InChI=1S/C32H42O3/c1-31-20-27(23-9-7-22(8-10-23)21-5-3-2-4-6-21)30-25-15-16-32(34-17-18-35-32)19-24(25)11-12-26(30)28(31)13-14-29(31)33/h7-10,21,24,26-28H,2-6,11-20H2,1H3. The molecule has 4 saturated carbocycles. The van der Waals surface area contributed by atoms with Crippen molar-refractivity contribution < 1.29 is 14.3 Å². The van der Waals surface area contributed by atoms with Crippen LogP contribution in [0.4, 0.5) is 0 Å². The molecule has 3 heteroatoms. The molecule has 1 heterocycles. The summed E-state index contributed by atoms with van der Waals surface area (Å²) in [5.74, 6) is 3.11. The minimum Gasteiger partial charge on any atom is -0.348 e. The molecule has 1 saturated heterocycles. The van der Waals surface area contributed by atoms with Crippen LogP contribution in [0.2, 0.25) is 0 Å². The fraction of sp³-hybridized carbons (Fsp3) is 0.719. The Balaban J connectivity index is 1.26. The molecule has 5 fully saturated rings. The predicted octanol–water partition coefficient (Wildman–Crippen LogP) is 7.46. The van der Waals surface area contributed by atoms with Crippen LogP contribution >= 0.6 is 0 Å². The molecule has 0 amide bonds. The molecule has 1 aromatic carbocycles. The number of benzene rings is 1. The molecule has 1 aromatic rings. The summed E-state index contributed by atoms with van der Waals surface area (Å²) in [5.41, 5.74) is 6.34. The van der Waals surface area contributed by atoms with Gasteiger partial charge in [-0.2, -0.15) is 0 Å². The summed E-state index contributed by atoms with van der Waals surface area (Å²) in [7, 11) is 0. The van der Waals surface area contributed by atoms with Gasteiger partial charge in [-0.1, -0.05) is 61.6 Å². The highest BCUT2D eigenvalue weighted by molar-refractivity contribution is 5.87. The van der Waals surface area contributed by atoms with Gasteiger partial charge in [0.15, 0.2) is 5.79 Å². The summed E-state index contributed by atoms with van der Waals surface area (Å²) >= 11 is 0. The predicted molar refractivity (Wildman–Crippen MR) is 137 cm³/mol. The molecule has 5 atom stereocenters. The lowest BCUT2D eigenvalue weighted by atomic mass is 9.52. The van der Waals surface area contributed by atoms with Gasteiger partial charge in [-0.25, -0.2) is 0 Å². The second-order valence-corrected chi connectivity index (χ2v) is 12.9. The maximum absolute atomic E-state index is 13.2. The number of Topliss-reactive ketones (excluding diaryl/α,β-unsaturated/α-hetero) is 1. The third kappa shape index (κ3) is 3.62. The smallest absolute Gasteiger partial charge is 0.169 e. The van der Waals surface area contributed by atoms with Crippen molar-refractivity contribution >= 4 is 5.78 Å². The molecular weight excluding hydrogens is 432 g/mol. The van der Waals surface area contributed by atoms with Crippen LogP contribution in [0.15, 0.2) is 35.4 Å². The van der Waals surface area contributed by atoms with Crippen molar-refractivity contribution in [2.45, 2.75) is 108 Å². The van der Waals surface area contributed by atoms with Crippen molar-refractivity contribution in [1.29, 1.82) is 0 Å². The van der Waals surface area contributed by atoms with Crippen LogP contribution in [-0.4, -0.2) is 24.8 Å². The maximum Gasteiger partial charge on any atom is 0.169 e. The SMILES string of the molecule is CC12CC(c3ccc(C4CCCCC4)cc3)C3=C4CCC5(CC4CCC3C1CCC2=O)OCCO5. The van der Waals surface area contributed by atoms with E-state index in [1.165, 1.54) is 56.1 Å². The Morgan fingerprint density at radius 1 is 0.800 bits per heavy atom. The zero-order valence-electron chi connectivity index (χ0n) is 21.5. The molecule has 5 aliphatic carbocycles. The number of ether oxygens (including phenoxy) is 2. The molecule has 35 heavy (non-hydrogen) atoms. The van der Waals surface area contributed by atoms with Crippen molar-refractivity contribution in [3.8, 4) is 0 Å². The van der Waals surface area contributed by atoms with Crippen LogP contribution < -0.4 is 0 Å². The average Bonchev–Trinajstić information content (AvgIpc) is 3.47. The Hall–Kier alpha value is -1.45. The van der Waals surface area contributed by atoms with Gasteiger partial charge in [-0.05, 0) is 79.7 Å². The van der Waals surface area contributed by atoms with Crippen molar-refractivity contribution in [2.75, 3.05) is 13.2 Å². The molecule has 188 valence electrons. The van der Waals surface area contributed by atoms with E-state index in [0.717, 1.165) is 57.7 Å². The first-order valence-corrected chi connectivity index (χ1v) is 14.7. The van der Waals surface area contributed by atoms with Crippen LogP contribution in [0.25, 0.3) is 0 Å². The molecule has 0 bridgehead atoms. The van der Waals surface area contributed by atoms with Crippen LogP contribution in [-0.2, 0) is 14.3 Å². The summed E-state index contributed by atoms with van der Waals surface area (Å²) < 4.78 is 12.3. The van der Waals surface area contributed by atoms with Gasteiger partial charge < -0.3 is 9.47 Å². The zero-order chi connectivity index (χ0) is 23.6. The first-order chi connectivity index (χ1) is 17.1. The molecule has 7 rings (SSSR count). The lowest BCUT2D eigenvalue weighted by Crippen LogP contribution is -2.46. The minimum atomic E-state index is -0.314. The van der Waals surface area contributed by atoms with Crippen molar-refractivity contribution in [3.05, 3.63) is 46.5 Å². The molecule has 0 aromatic heterocycles. The number of carbonyl (C=O) groups excluding carboxylic acids is 1. The van der Waals surface area contributed by atoms with E-state index in [0.29, 0.717) is 29.5 Å². The highest BCUT2D eigenvalue weighted by atomic mass is 16.7. The number of rotatable bonds is 2. The topological polar surface area (TPSA) is 35.5 Å². The van der Waals surface area contributed by atoms with E-state index >= 15 is 0 Å². The molecule has 0 radical (unpaired) electrons. The van der Waals surface area contributed by atoms with Crippen LogP contribution in [0.5, 0.6) is 0 Å². The molecule has 1 spiro atoms. The van der Waals surface area contributed by atoms with Gasteiger partial charge in [0.25, 0.3) is 0 Å². The van der Waals surface area contributed by atoms with Gasteiger partial charge >= 0.3 is 0 Å². The Kier molecular flexibility index (Phi) is 5.55. The van der Waals surface area contributed by atoms with Gasteiger partial charge in [-0.15, -0.1) is 0 Å². The second-order valence-electron chi connectivity index (χ2n) is 12.9. The van der Waals surface area contributed by atoms with Crippen molar-refractivity contribution in [3.63, 3.8) is 0 Å². The summed E-state index contributed by atoms with van der Waals surface area (Å²) in [6.07, 6.45) is 15.4. The number of allylic oxidation sites excluding steroid dienone is 2. The largest absolute Gasteiger partial charge is 0.348 e. The highest BCUT2D eigenvalue weighted by Crippen LogP contribution is 2.64. The molecule has 0 N–H and O–H groups in total. The lowest BCUT2D eigenvalue weighted by Gasteiger charge is -2.52. The van der Waals surface area contributed by atoms with E-state index in [1.54, 1.807) is 11.1 Å². The van der Waals surface area contributed by atoms with E-state index < -0.39 is 0 Å². The Morgan fingerprint density at radius 3 is 2.31 bits per heavy atom. The fourth-order valence-electron chi connectivity index (χ4n) is 9.50. The van der Waals surface area contributed by atoms with Crippen LogP contribution in [0.3, 0.4) is 0 Å². The fourth-order valence-corrected chi connectivity index (χ4v) is 9.50. The van der Waals surface area contributed by atoms with E-state index in [-0.39, 0.29) is 11.2 Å². The zero-order valence-corrected chi connectivity index (χ0v) is 21.5. The average molecular weight is 475 g/mol. The summed E-state index contributed by atoms with van der Waals surface area (Å²) in [4.78, 5) is 13.2. The van der Waals surface area contributed by atoms with Gasteiger partial charge in [0, 0.05) is 30.6 Å².